The smallest absolute Gasteiger partial charge is 0.274 e. The zero-order chi connectivity index (χ0) is 19.4. The molecule has 0 spiro atoms. The highest BCUT2D eigenvalue weighted by molar-refractivity contribution is 6.31. The second-order valence-corrected chi connectivity index (χ2v) is 6.48. The number of nitrogens with one attached hydrogen (secondary N) is 1. The fourth-order valence-electron chi connectivity index (χ4n) is 2.57. The second kappa shape index (κ2) is 8.01. The largest absolute Gasteiger partial charge is 0.320 e. The Balaban J connectivity index is 1.81. The van der Waals surface area contributed by atoms with E-state index >= 15 is 0 Å². The van der Waals surface area contributed by atoms with Crippen LogP contribution in [0.3, 0.4) is 0 Å². The maximum absolute atomic E-state index is 12.7. The molecule has 27 heavy (non-hydrogen) atoms. The van der Waals surface area contributed by atoms with Gasteiger partial charge in [-0.25, -0.2) is 0 Å². The average Bonchev–Trinajstić information content (AvgIpc) is 2.70. The summed E-state index contributed by atoms with van der Waals surface area (Å²) in [5.74, 6) is -0.631. The van der Waals surface area contributed by atoms with Crippen molar-refractivity contribution in [2.45, 2.75) is 6.92 Å². The maximum atomic E-state index is 12.7. The molecular weight excluding hydrogens is 362 g/mol. The van der Waals surface area contributed by atoms with E-state index in [1.807, 2.05) is 43.3 Å². The minimum Gasteiger partial charge on any atom is -0.320 e. The molecule has 1 heterocycles. The van der Waals surface area contributed by atoms with Crippen LogP contribution in [-0.2, 0) is 0 Å². The lowest BCUT2D eigenvalue weighted by atomic mass is 10.1. The summed E-state index contributed by atoms with van der Waals surface area (Å²) in [6.45, 7) is 1.87. The maximum Gasteiger partial charge on any atom is 0.274 e. The van der Waals surface area contributed by atoms with Crippen LogP contribution in [0.4, 0.5) is 11.4 Å². The third-order valence-electron chi connectivity index (χ3n) is 4.14. The van der Waals surface area contributed by atoms with Crippen molar-refractivity contribution in [3.63, 3.8) is 0 Å². The van der Waals surface area contributed by atoms with E-state index in [0.717, 1.165) is 11.3 Å². The summed E-state index contributed by atoms with van der Waals surface area (Å²) in [5.41, 5.74) is 2.78. The Bertz CT molecular complexity index is 990. The number of carbonyl (C=O) groups is 2. The number of carbonyl (C=O) groups excluding carboxylic acids is 2. The molecule has 6 heteroatoms. The minimum atomic E-state index is -0.405. The molecule has 0 aliphatic carbocycles. The first-order valence-electron chi connectivity index (χ1n) is 8.32. The van der Waals surface area contributed by atoms with Crippen molar-refractivity contribution in [1.82, 2.24) is 4.98 Å². The number of hydrogen-bond donors (Lipinski definition) is 1. The first-order valence-corrected chi connectivity index (χ1v) is 8.70. The molecule has 0 fully saturated rings. The van der Waals surface area contributed by atoms with Crippen LogP contribution in [0, 0.1) is 6.92 Å². The predicted octanol–water partition coefficient (Wildman–Crippen LogP) is 4.57. The number of amides is 2. The SMILES string of the molecule is Cc1ccc(Cl)cc1NC(=O)c1cc(C(=O)N(C)c2ccccc2)ccn1. The zero-order valence-corrected chi connectivity index (χ0v) is 15.7. The Morgan fingerprint density at radius 1 is 1.04 bits per heavy atom. The molecule has 2 amide bonds. The van der Waals surface area contributed by atoms with Crippen LogP contribution in [0.25, 0.3) is 0 Å². The van der Waals surface area contributed by atoms with Crippen molar-refractivity contribution >= 4 is 34.8 Å². The summed E-state index contributed by atoms with van der Waals surface area (Å²) in [7, 11) is 1.69. The van der Waals surface area contributed by atoms with Crippen molar-refractivity contribution < 1.29 is 9.59 Å². The Labute approximate surface area is 162 Å². The summed E-state index contributed by atoms with van der Waals surface area (Å²) in [5, 5.41) is 3.31. The molecule has 3 rings (SSSR count). The Hall–Kier alpha value is -3.18. The van der Waals surface area contributed by atoms with E-state index in [-0.39, 0.29) is 11.6 Å². The normalized spacial score (nSPS) is 10.3. The number of nitrogens with zero attached hydrogens (tertiary/aromatic N) is 2. The molecule has 136 valence electrons. The number of pyridine rings is 1. The van der Waals surface area contributed by atoms with Gasteiger partial charge in [-0.3, -0.25) is 14.6 Å². The molecule has 0 radical (unpaired) electrons. The van der Waals surface area contributed by atoms with Gasteiger partial charge in [0, 0.05) is 35.2 Å². The second-order valence-electron chi connectivity index (χ2n) is 6.04. The molecule has 2 aromatic carbocycles. The molecule has 0 saturated carbocycles. The quantitative estimate of drug-likeness (QED) is 0.722. The highest BCUT2D eigenvalue weighted by Gasteiger charge is 2.16. The van der Waals surface area contributed by atoms with Gasteiger partial charge in [-0.15, -0.1) is 0 Å². The van der Waals surface area contributed by atoms with Crippen LogP contribution >= 0.6 is 11.6 Å². The Morgan fingerprint density at radius 2 is 1.78 bits per heavy atom. The molecule has 1 N–H and O–H groups in total. The summed E-state index contributed by atoms with van der Waals surface area (Å²) in [4.78, 5) is 30.9. The van der Waals surface area contributed by atoms with Crippen molar-refractivity contribution in [1.29, 1.82) is 0 Å². The molecule has 5 nitrogen and oxygen atoms in total. The molecule has 1 aromatic heterocycles. The summed E-state index contributed by atoms with van der Waals surface area (Å²) in [6, 6.07) is 17.6. The van der Waals surface area contributed by atoms with Crippen LogP contribution < -0.4 is 10.2 Å². The van der Waals surface area contributed by atoms with E-state index in [4.69, 9.17) is 11.6 Å². The van der Waals surface area contributed by atoms with E-state index in [0.29, 0.717) is 16.3 Å². The molecule has 0 aliphatic rings. The molecule has 3 aromatic rings. The predicted molar refractivity (Wildman–Crippen MR) is 108 cm³/mol. The molecule has 0 aliphatic heterocycles. The van der Waals surface area contributed by atoms with Gasteiger partial charge in [0.05, 0.1) is 0 Å². The minimum absolute atomic E-state index is 0.154. The van der Waals surface area contributed by atoms with Gasteiger partial charge in [-0.1, -0.05) is 35.9 Å². The van der Waals surface area contributed by atoms with E-state index in [1.165, 1.54) is 17.2 Å². The molecule has 0 unspecified atom stereocenters. The van der Waals surface area contributed by atoms with Gasteiger partial charge in [0.1, 0.15) is 5.69 Å². The third-order valence-corrected chi connectivity index (χ3v) is 4.37. The van der Waals surface area contributed by atoms with Gasteiger partial charge in [0.15, 0.2) is 0 Å². The highest BCUT2D eigenvalue weighted by atomic mass is 35.5. The number of para-hydroxylation sites is 1. The van der Waals surface area contributed by atoms with E-state index in [2.05, 4.69) is 10.3 Å². The summed E-state index contributed by atoms with van der Waals surface area (Å²) in [6.07, 6.45) is 1.45. The zero-order valence-electron chi connectivity index (χ0n) is 14.9. The molecule has 0 bridgehead atoms. The average molecular weight is 380 g/mol. The number of aryl methyl sites for hydroxylation is 1. The first kappa shape index (κ1) is 18.6. The number of benzene rings is 2. The third kappa shape index (κ3) is 4.33. The van der Waals surface area contributed by atoms with E-state index < -0.39 is 5.91 Å². The van der Waals surface area contributed by atoms with Gasteiger partial charge >= 0.3 is 0 Å². The van der Waals surface area contributed by atoms with Crippen LogP contribution in [0.2, 0.25) is 5.02 Å². The lowest BCUT2D eigenvalue weighted by molar-refractivity contribution is 0.0993. The molecule has 0 atom stereocenters. The monoisotopic (exact) mass is 379 g/mol. The van der Waals surface area contributed by atoms with Gasteiger partial charge < -0.3 is 10.2 Å². The number of aromatic nitrogens is 1. The van der Waals surface area contributed by atoms with Crippen molar-refractivity contribution in [3.05, 3.63) is 88.7 Å². The number of halogens is 1. The van der Waals surface area contributed by atoms with Crippen molar-refractivity contribution in [2.24, 2.45) is 0 Å². The van der Waals surface area contributed by atoms with Crippen LogP contribution in [0.1, 0.15) is 26.4 Å². The van der Waals surface area contributed by atoms with Gasteiger partial charge in [-0.2, -0.15) is 0 Å². The number of rotatable bonds is 4. The summed E-state index contributed by atoms with van der Waals surface area (Å²) >= 11 is 5.99. The summed E-state index contributed by atoms with van der Waals surface area (Å²) < 4.78 is 0. The van der Waals surface area contributed by atoms with Gasteiger partial charge in [0.25, 0.3) is 11.8 Å². The lowest BCUT2D eigenvalue weighted by Crippen LogP contribution is -2.26. The van der Waals surface area contributed by atoms with Crippen LogP contribution in [0.5, 0.6) is 0 Å². The standard InChI is InChI=1S/C21H18ClN3O2/c1-14-8-9-16(22)13-18(14)24-20(26)19-12-15(10-11-23-19)21(27)25(2)17-6-4-3-5-7-17/h3-13H,1-2H3,(H,24,26). The van der Waals surface area contributed by atoms with Gasteiger partial charge in [0.2, 0.25) is 0 Å². The van der Waals surface area contributed by atoms with Crippen LogP contribution in [-0.4, -0.2) is 23.8 Å². The Kier molecular flexibility index (Phi) is 5.52. The van der Waals surface area contributed by atoms with E-state index in [9.17, 15) is 9.59 Å². The lowest BCUT2D eigenvalue weighted by Gasteiger charge is -2.17. The van der Waals surface area contributed by atoms with Crippen LogP contribution in [0.15, 0.2) is 66.9 Å². The van der Waals surface area contributed by atoms with E-state index in [1.54, 1.807) is 25.2 Å². The highest BCUT2D eigenvalue weighted by Crippen LogP contribution is 2.21. The number of hydrogen-bond acceptors (Lipinski definition) is 3. The first-order chi connectivity index (χ1) is 13.0. The fraction of sp³-hybridized carbons (Fsp3) is 0.0952. The molecule has 0 saturated heterocycles. The number of anilines is 2. The molecular formula is C21H18ClN3O2. The van der Waals surface area contributed by atoms with Crippen molar-refractivity contribution in [2.75, 3.05) is 17.3 Å². The Morgan fingerprint density at radius 3 is 2.52 bits per heavy atom. The van der Waals surface area contributed by atoms with Crippen molar-refractivity contribution in [3.8, 4) is 0 Å². The van der Waals surface area contributed by atoms with Gasteiger partial charge in [-0.05, 0) is 48.9 Å². The fourth-order valence-corrected chi connectivity index (χ4v) is 2.74. The topological polar surface area (TPSA) is 62.3 Å².